The summed E-state index contributed by atoms with van der Waals surface area (Å²) >= 11 is 5.90. The molecule has 1 aliphatic rings. The van der Waals surface area contributed by atoms with Gasteiger partial charge in [0.15, 0.2) is 28.8 Å². The van der Waals surface area contributed by atoms with Gasteiger partial charge in [0.25, 0.3) is 0 Å². The lowest BCUT2D eigenvalue weighted by Gasteiger charge is -2.10. The van der Waals surface area contributed by atoms with E-state index in [1.54, 1.807) is 19.1 Å². The molecule has 0 saturated carbocycles. The van der Waals surface area contributed by atoms with Crippen LogP contribution in [0.1, 0.15) is 25.0 Å². The van der Waals surface area contributed by atoms with Crippen LogP contribution in [0.25, 0.3) is 6.08 Å². The van der Waals surface area contributed by atoms with Crippen molar-refractivity contribution >= 4 is 35.5 Å². The summed E-state index contributed by atoms with van der Waals surface area (Å²) in [6.45, 7) is 3.35. The molecule has 29 heavy (non-hydrogen) atoms. The van der Waals surface area contributed by atoms with E-state index in [1.165, 1.54) is 19.1 Å². The third-order valence-corrected chi connectivity index (χ3v) is 4.00. The second-order valence-corrected chi connectivity index (χ2v) is 6.22. The molecule has 9 heteroatoms. The van der Waals surface area contributed by atoms with E-state index in [0.29, 0.717) is 17.9 Å². The van der Waals surface area contributed by atoms with Gasteiger partial charge < -0.3 is 14.2 Å². The van der Waals surface area contributed by atoms with E-state index < -0.39 is 23.6 Å². The molecule has 3 rings (SSSR count). The number of aliphatic imine (C=N–C) groups is 1. The van der Waals surface area contributed by atoms with Gasteiger partial charge in [-0.15, -0.1) is 0 Å². The molecule has 1 aliphatic heterocycles. The van der Waals surface area contributed by atoms with Crippen molar-refractivity contribution in [2.75, 3.05) is 6.61 Å². The quantitative estimate of drug-likeness (QED) is 0.312. The number of nitrogens with zero attached hydrogens (tertiary/aromatic N) is 1. The Morgan fingerprint density at radius 1 is 1.21 bits per heavy atom. The van der Waals surface area contributed by atoms with Crippen LogP contribution in [-0.4, -0.2) is 24.4 Å². The molecule has 0 spiro atoms. The van der Waals surface area contributed by atoms with Crippen LogP contribution < -0.4 is 9.47 Å². The van der Waals surface area contributed by atoms with E-state index in [2.05, 4.69) is 4.99 Å². The van der Waals surface area contributed by atoms with Gasteiger partial charge in [-0.1, -0.05) is 17.7 Å². The molecule has 0 bridgehead atoms. The van der Waals surface area contributed by atoms with Crippen molar-refractivity contribution in [3.63, 3.8) is 0 Å². The van der Waals surface area contributed by atoms with E-state index >= 15 is 0 Å². The van der Waals surface area contributed by atoms with E-state index in [0.717, 1.165) is 12.1 Å². The van der Waals surface area contributed by atoms with Crippen molar-refractivity contribution in [2.24, 2.45) is 4.99 Å². The van der Waals surface area contributed by atoms with Crippen LogP contribution in [0.3, 0.4) is 0 Å². The molecule has 0 aromatic heterocycles. The average Bonchev–Trinajstić information content (AvgIpc) is 3.00. The lowest BCUT2D eigenvalue weighted by molar-refractivity contribution is -0.132. The number of hydrogen-bond donors (Lipinski definition) is 0. The molecule has 0 radical (unpaired) electrons. The monoisotopic (exact) mass is 421 g/mol. The summed E-state index contributed by atoms with van der Waals surface area (Å²) in [4.78, 5) is 27.3. The lowest BCUT2D eigenvalue weighted by Crippen LogP contribution is -2.07. The third kappa shape index (κ3) is 4.60. The standard InChI is InChI=1S/C20H14ClF2NO5/c1-3-27-18-7-11(4-5-17(18)28-10(2)25)6-16-20(26)29-19(24-16)12-8-14(22)15(23)9-13(12)21/h4-9H,3H2,1-2H3/b16-6-. The summed E-state index contributed by atoms with van der Waals surface area (Å²) in [5.41, 5.74) is 0.378. The number of esters is 2. The lowest BCUT2D eigenvalue weighted by atomic mass is 10.1. The summed E-state index contributed by atoms with van der Waals surface area (Å²) in [5.74, 6) is -3.29. The van der Waals surface area contributed by atoms with E-state index in [-0.39, 0.29) is 27.9 Å². The Morgan fingerprint density at radius 3 is 2.62 bits per heavy atom. The number of benzene rings is 2. The predicted octanol–water partition coefficient (Wildman–Crippen LogP) is 4.29. The zero-order chi connectivity index (χ0) is 21.1. The second kappa shape index (κ2) is 8.40. The molecule has 2 aromatic carbocycles. The highest BCUT2D eigenvalue weighted by atomic mass is 35.5. The topological polar surface area (TPSA) is 74.2 Å². The first-order valence-corrected chi connectivity index (χ1v) is 8.79. The molecule has 2 aromatic rings. The average molecular weight is 422 g/mol. The van der Waals surface area contributed by atoms with Crippen molar-refractivity contribution in [1.29, 1.82) is 0 Å². The van der Waals surface area contributed by atoms with Crippen LogP contribution in [0.4, 0.5) is 8.78 Å². The van der Waals surface area contributed by atoms with Crippen molar-refractivity contribution in [3.05, 3.63) is 63.8 Å². The zero-order valence-electron chi connectivity index (χ0n) is 15.3. The second-order valence-electron chi connectivity index (χ2n) is 5.82. The Labute approximate surface area is 169 Å². The smallest absolute Gasteiger partial charge is 0.363 e. The van der Waals surface area contributed by atoms with Gasteiger partial charge in [0, 0.05) is 6.92 Å². The van der Waals surface area contributed by atoms with Gasteiger partial charge in [-0.3, -0.25) is 4.79 Å². The molecule has 6 nitrogen and oxygen atoms in total. The molecular formula is C20H14ClF2NO5. The highest BCUT2D eigenvalue weighted by Gasteiger charge is 2.27. The van der Waals surface area contributed by atoms with Crippen LogP contribution in [0.15, 0.2) is 41.0 Å². The molecule has 0 N–H and O–H groups in total. The Kier molecular flexibility index (Phi) is 5.93. The number of carbonyl (C=O) groups is 2. The minimum atomic E-state index is -1.15. The van der Waals surface area contributed by atoms with Gasteiger partial charge in [-0.25, -0.2) is 18.6 Å². The van der Waals surface area contributed by atoms with Crippen molar-refractivity contribution in [2.45, 2.75) is 13.8 Å². The van der Waals surface area contributed by atoms with Crippen molar-refractivity contribution in [1.82, 2.24) is 0 Å². The van der Waals surface area contributed by atoms with Crippen LogP contribution in [0.5, 0.6) is 11.5 Å². The number of hydrogen-bond acceptors (Lipinski definition) is 6. The van der Waals surface area contributed by atoms with Gasteiger partial charge in [0.1, 0.15) is 0 Å². The summed E-state index contributed by atoms with van der Waals surface area (Å²) in [7, 11) is 0. The fraction of sp³-hybridized carbons (Fsp3) is 0.150. The molecule has 0 fully saturated rings. The summed E-state index contributed by atoms with van der Waals surface area (Å²) in [6, 6.07) is 6.22. The zero-order valence-corrected chi connectivity index (χ0v) is 16.0. The molecule has 0 unspecified atom stereocenters. The maximum absolute atomic E-state index is 13.5. The van der Waals surface area contributed by atoms with Gasteiger partial charge >= 0.3 is 11.9 Å². The van der Waals surface area contributed by atoms with E-state index in [4.69, 9.17) is 25.8 Å². The molecule has 150 valence electrons. The first kappa shape index (κ1) is 20.5. The number of rotatable bonds is 5. The van der Waals surface area contributed by atoms with Crippen molar-refractivity contribution < 1.29 is 32.6 Å². The molecule has 0 atom stereocenters. The normalized spacial score (nSPS) is 14.6. The largest absolute Gasteiger partial charge is 0.490 e. The fourth-order valence-electron chi connectivity index (χ4n) is 2.49. The van der Waals surface area contributed by atoms with Gasteiger partial charge in [-0.2, -0.15) is 0 Å². The minimum Gasteiger partial charge on any atom is -0.490 e. The molecule has 0 aliphatic carbocycles. The Hall–Kier alpha value is -3.26. The van der Waals surface area contributed by atoms with Crippen LogP contribution in [0.2, 0.25) is 5.02 Å². The highest BCUT2D eigenvalue weighted by Crippen LogP contribution is 2.31. The summed E-state index contributed by atoms with van der Waals surface area (Å²) in [6.07, 6.45) is 1.41. The number of cyclic esters (lactones) is 1. The van der Waals surface area contributed by atoms with E-state index in [1.807, 2.05) is 0 Å². The van der Waals surface area contributed by atoms with Crippen LogP contribution in [0, 0.1) is 11.6 Å². The van der Waals surface area contributed by atoms with Gasteiger partial charge in [0.2, 0.25) is 5.90 Å². The predicted molar refractivity (Wildman–Crippen MR) is 101 cm³/mol. The Morgan fingerprint density at radius 2 is 1.93 bits per heavy atom. The van der Waals surface area contributed by atoms with Crippen molar-refractivity contribution in [3.8, 4) is 11.5 Å². The van der Waals surface area contributed by atoms with Crippen LogP contribution >= 0.6 is 11.6 Å². The first-order chi connectivity index (χ1) is 13.8. The fourth-order valence-corrected chi connectivity index (χ4v) is 2.72. The van der Waals surface area contributed by atoms with Crippen LogP contribution in [-0.2, 0) is 14.3 Å². The summed E-state index contributed by atoms with van der Waals surface area (Å²) < 4.78 is 42.3. The maximum atomic E-state index is 13.5. The molecule has 0 amide bonds. The number of halogens is 3. The molecular weight excluding hydrogens is 408 g/mol. The molecule has 0 saturated heterocycles. The number of carbonyl (C=O) groups excluding carboxylic acids is 2. The minimum absolute atomic E-state index is 0.0532. The summed E-state index contributed by atoms with van der Waals surface area (Å²) in [5, 5.41) is -0.152. The molecule has 1 heterocycles. The first-order valence-electron chi connectivity index (χ1n) is 8.41. The van der Waals surface area contributed by atoms with E-state index in [9.17, 15) is 18.4 Å². The Bertz CT molecular complexity index is 1070. The SMILES string of the molecule is CCOc1cc(/C=C2\N=C(c3cc(F)c(F)cc3Cl)OC2=O)ccc1OC(C)=O. The van der Waals surface area contributed by atoms with Gasteiger partial charge in [0.05, 0.1) is 17.2 Å². The highest BCUT2D eigenvalue weighted by molar-refractivity contribution is 6.34. The number of ether oxygens (including phenoxy) is 3. The third-order valence-electron chi connectivity index (χ3n) is 3.69. The van der Waals surface area contributed by atoms with Gasteiger partial charge in [-0.05, 0) is 42.8 Å². The maximum Gasteiger partial charge on any atom is 0.363 e. The Balaban J connectivity index is 1.96.